The van der Waals surface area contributed by atoms with Gasteiger partial charge in [0.25, 0.3) is 0 Å². The molecule has 1 spiro atoms. The van der Waals surface area contributed by atoms with Gasteiger partial charge in [-0.1, -0.05) is 29.3 Å². The molecule has 0 amide bonds. The summed E-state index contributed by atoms with van der Waals surface area (Å²) in [6.45, 7) is 3.97. The zero-order chi connectivity index (χ0) is 20.8. The average molecular weight is 438 g/mol. The van der Waals surface area contributed by atoms with Crippen LogP contribution in [0.5, 0.6) is 0 Å². The molecule has 0 unspecified atom stereocenters. The number of nitrogen functional groups attached to an aromatic ring is 1. The van der Waals surface area contributed by atoms with E-state index in [2.05, 4.69) is 14.9 Å². The van der Waals surface area contributed by atoms with Gasteiger partial charge in [0.15, 0.2) is 11.6 Å². The van der Waals surface area contributed by atoms with Crippen LogP contribution < -0.4 is 16.4 Å². The molecule has 29 heavy (non-hydrogen) atoms. The van der Waals surface area contributed by atoms with Gasteiger partial charge >= 0.3 is 0 Å². The Hall–Kier alpha value is -1.64. The topological polar surface area (TPSA) is 111 Å². The van der Waals surface area contributed by atoms with E-state index >= 15 is 0 Å². The van der Waals surface area contributed by atoms with Crippen molar-refractivity contribution >= 4 is 34.7 Å². The van der Waals surface area contributed by atoms with Crippen molar-refractivity contribution in [3.05, 3.63) is 33.9 Å². The molecule has 3 heterocycles. The number of aliphatic hydroxyl groups is 1. The summed E-state index contributed by atoms with van der Waals surface area (Å²) in [4.78, 5) is 11.1. The number of nitrogens with zero attached hydrogens (tertiary/aromatic N) is 3. The molecule has 2 aromatic rings. The number of ether oxygens (including phenoxy) is 1. The minimum atomic E-state index is -0.255. The van der Waals surface area contributed by atoms with Crippen molar-refractivity contribution in [1.29, 1.82) is 0 Å². The Morgan fingerprint density at radius 1 is 1.28 bits per heavy atom. The fraction of sp³-hybridized carbons (Fsp3) is 0.500. The SMILES string of the molecule is C[C@@H]1OCC2(CCN(c3c(N)nc(-c4cccc(Cl)c4Cl)nc3CO)CC2)[C@@H]1N. The van der Waals surface area contributed by atoms with Gasteiger partial charge in [0.2, 0.25) is 0 Å². The van der Waals surface area contributed by atoms with Crippen LogP contribution in [-0.4, -0.2) is 46.9 Å². The van der Waals surface area contributed by atoms with Gasteiger partial charge in [-0.05, 0) is 31.9 Å². The van der Waals surface area contributed by atoms with Crippen molar-refractivity contribution in [2.24, 2.45) is 11.1 Å². The van der Waals surface area contributed by atoms with Gasteiger partial charge in [0, 0.05) is 30.1 Å². The number of hydrogen-bond donors (Lipinski definition) is 3. The molecular weight excluding hydrogens is 413 g/mol. The molecular formula is C20H25Cl2N5O2. The van der Waals surface area contributed by atoms with Gasteiger partial charge in [0.1, 0.15) is 5.69 Å². The summed E-state index contributed by atoms with van der Waals surface area (Å²) in [6.07, 6.45) is 1.86. The third kappa shape index (κ3) is 3.55. The molecule has 2 fully saturated rings. The molecule has 0 aliphatic carbocycles. The van der Waals surface area contributed by atoms with Crippen LogP contribution in [0.1, 0.15) is 25.5 Å². The first kappa shape index (κ1) is 20.6. The number of piperidine rings is 1. The number of aromatic nitrogens is 2. The van der Waals surface area contributed by atoms with E-state index in [0.717, 1.165) is 25.9 Å². The molecule has 2 atom stereocenters. The lowest BCUT2D eigenvalue weighted by atomic mass is 9.73. The molecule has 0 saturated carbocycles. The van der Waals surface area contributed by atoms with Crippen LogP contribution in [0.15, 0.2) is 18.2 Å². The number of nitrogens with two attached hydrogens (primary N) is 2. The maximum Gasteiger partial charge on any atom is 0.163 e. The Morgan fingerprint density at radius 3 is 2.62 bits per heavy atom. The number of anilines is 2. The van der Waals surface area contributed by atoms with E-state index in [1.54, 1.807) is 18.2 Å². The molecule has 5 N–H and O–H groups in total. The molecule has 9 heteroatoms. The molecule has 1 aromatic carbocycles. The highest BCUT2D eigenvalue weighted by molar-refractivity contribution is 6.43. The fourth-order valence-electron chi connectivity index (χ4n) is 4.42. The summed E-state index contributed by atoms with van der Waals surface area (Å²) >= 11 is 12.4. The second kappa shape index (κ2) is 7.89. The summed E-state index contributed by atoms with van der Waals surface area (Å²) in [5.41, 5.74) is 14.5. The van der Waals surface area contributed by atoms with Crippen LogP contribution >= 0.6 is 23.2 Å². The highest BCUT2D eigenvalue weighted by atomic mass is 35.5. The molecule has 4 rings (SSSR count). The van der Waals surface area contributed by atoms with Gasteiger partial charge in [-0.3, -0.25) is 0 Å². The largest absolute Gasteiger partial charge is 0.390 e. The van der Waals surface area contributed by atoms with Crippen molar-refractivity contribution in [1.82, 2.24) is 9.97 Å². The Morgan fingerprint density at radius 2 is 2.00 bits per heavy atom. The lowest BCUT2D eigenvalue weighted by Crippen LogP contribution is -2.51. The van der Waals surface area contributed by atoms with Gasteiger partial charge in [-0.15, -0.1) is 0 Å². The highest BCUT2D eigenvalue weighted by Crippen LogP contribution is 2.43. The van der Waals surface area contributed by atoms with E-state index in [9.17, 15) is 5.11 Å². The van der Waals surface area contributed by atoms with Gasteiger partial charge < -0.3 is 26.2 Å². The molecule has 0 bridgehead atoms. The highest BCUT2D eigenvalue weighted by Gasteiger charge is 2.47. The van der Waals surface area contributed by atoms with Crippen LogP contribution in [0.25, 0.3) is 11.4 Å². The van der Waals surface area contributed by atoms with Gasteiger partial charge in [-0.2, -0.15) is 0 Å². The number of aliphatic hydroxyl groups excluding tert-OH is 1. The second-order valence-electron chi connectivity index (χ2n) is 7.88. The van der Waals surface area contributed by atoms with Crippen molar-refractivity contribution in [3.8, 4) is 11.4 Å². The third-order valence-electron chi connectivity index (χ3n) is 6.25. The van der Waals surface area contributed by atoms with E-state index in [4.69, 9.17) is 39.4 Å². The van der Waals surface area contributed by atoms with Crippen LogP contribution in [0.4, 0.5) is 11.5 Å². The summed E-state index contributed by atoms with van der Waals surface area (Å²) in [6, 6.07) is 5.27. The second-order valence-corrected chi connectivity index (χ2v) is 8.66. The molecule has 2 aliphatic rings. The maximum absolute atomic E-state index is 9.98. The molecule has 2 aliphatic heterocycles. The number of rotatable bonds is 3. The minimum Gasteiger partial charge on any atom is -0.390 e. The van der Waals surface area contributed by atoms with Crippen LogP contribution in [0.3, 0.4) is 0 Å². The van der Waals surface area contributed by atoms with Gasteiger partial charge in [-0.25, -0.2) is 9.97 Å². The number of hydrogen-bond acceptors (Lipinski definition) is 7. The maximum atomic E-state index is 9.98. The smallest absolute Gasteiger partial charge is 0.163 e. The van der Waals surface area contributed by atoms with Crippen molar-refractivity contribution in [3.63, 3.8) is 0 Å². The lowest BCUT2D eigenvalue weighted by Gasteiger charge is -2.42. The summed E-state index contributed by atoms with van der Waals surface area (Å²) in [5, 5.41) is 10.7. The zero-order valence-corrected chi connectivity index (χ0v) is 17.7. The summed E-state index contributed by atoms with van der Waals surface area (Å²) in [5.74, 6) is 0.655. The molecule has 7 nitrogen and oxygen atoms in total. The summed E-state index contributed by atoms with van der Waals surface area (Å²) < 4.78 is 5.80. The predicted octanol–water partition coefficient (Wildman–Crippen LogP) is 2.86. The van der Waals surface area contributed by atoms with Crippen molar-refractivity contribution in [2.45, 2.75) is 38.5 Å². The van der Waals surface area contributed by atoms with E-state index in [0.29, 0.717) is 45.2 Å². The first-order valence-electron chi connectivity index (χ1n) is 9.70. The van der Waals surface area contributed by atoms with Crippen LogP contribution in [0.2, 0.25) is 10.0 Å². The zero-order valence-electron chi connectivity index (χ0n) is 16.2. The first-order chi connectivity index (χ1) is 13.9. The average Bonchev–Trinajstić information content (AvgIpc) is 2.99. The Kier molecular flexibility index (Phi) is 5.61. The van der Waals surface area contributed by atoms with E-state index < -0.39 is 0 Å². The number of benzene rings is 1. The van der Waals surface area contributed by atoms with E-state index in [1.165, 1.54) is 0 Å². The molecule has 0 radical (unpaired) electrons. The lowest BCUT2D eigenvalue weighted by molar-refractivity contribution is 0.0974. The van der Waals surface area contributed by atoms with Crippen molar-refractivity contribution < 1.29 is 9.84 Å². The summed E-state index contributed by atoms with van der Waals surface area (Å²) in [7, 11) is 0. The Bertz CT molecular complexity index is 918. The first-order valence-corrected chi connectivity index (χ1v) is 10.5. The fourth-order valence-corrected chi connectivity index (χ4v) is 4.81. The minimum absolute atomic E-state index is 0.000826. The Balaban J connectivity index is 1.63. The third-order valence-corrected chi connectivity index (χ3v) is 7.07. The normalized spacial score (nSPS) is 23.7. The van der Waals surface area contributed by atoms with E-state index in [-0.39, 0.29) is 24.2 Å². The standard InChI is InChI=1S/C20H25Cl2N5O2/c1-11-17(23)20(10-29-11)5-7-27(8-6-20)16-14(9-28)25-19(26-18(16)24)12-3-2-4-13(21)15(12)22/h2-4,11,17,28H,5-10,23H2,1H3,(H2,24,25,26)/t11-,17+/m0/s1. The van der Waals surface area contributed by atoms with Crippen LogP contribution in [-0.2, 0) is 11.3 Å². The van der Waals surface area contributed by atoms with Crippen LogP contribution in [0, 0.1) is 5.41 Å². The Labute approximate surface area is 180 Å². The predicted molar refractivity (Wildman–Crippen MR) is 115 cm³/mol. The number of halogens is 2. The molecule has 2 saturated heterocycles. The van der Waals surface area contributed by atoms with Crippen molar-refractivity contribution in [2.75, 3.05) is 30.3 Å². The molecule has 156 valence electrons. The van der Waals surface area contributed by atoms with Gasteiger partial charge in [0.05, 0.1) is 35.1 Å². The molecule has 1 aromatic heterocycles. The monoisotopic (exact) mass is 437 g/mol. The quantitative estimate of drug-likeness (QED) is 0.676. The van der Waals surface area contributed by atoms with E-state index in [1.807, 2.05) is 6.92 Å².